The molecule has 3 heterocycles. The van der Waals surface area contributed by atoms with Gasteiger partial charge < -0.3 is 15.4 Å². The minimum atomic E-state index is 0. The predicted molar refractivity (Wildman–Crippen MR) is 139 cm³/mol. The van der Waals surface area contributed by atoms with Gasteiger partial charge in [-0.1, -0.05) is 30.3 Å². The number of guanidine groups is 1. The summed E-state index contributed by atoms with van der Waals surface area (Å²) in [5.74, 6) is 2.62. The van der Waals surface area contributed by atoms with Crippen molar-refractivity contribution >= 4 is 41.3 Å². The second-order valence-electron chi connectivity index (χ2n) is 7.46. The number of fused-ring (bicyclic) bond motifs is 1. The van der Waals surface area contributed by atoms with Crippen LogP contribution in [0.1, 0.15) is 30.7 Å². The number of thiazole rings is 1. The van der Waals surface area contributed by atoms with Crippen LogP contribution in [-0.4, -0.2) is 51.9 Å². The van der Waals surface area contributed by atoms with E-state index < -0.39 is 0 Å². The van der Waals surface area contributed by atoms with Crippen LogP contribution < -0.4 is 10.6 Å². The van der Waals surface area contributed by atoms with Crippen molar-refractivity contribution in [1.29, 1.82) is 0 Å². The Kier molecular flexibility index (Phi) is 9.42. The minimum Gasteiger partial charge on any atom is -0.377 e. The van der Waals surface area contributed by atoms with Gasteiger partial charge in [-0.05, 0) is 13.3 Å². The van der Waals surface area contributed by atoms with Crippen molar-refractivity contribution in [3.05, 3.63) is 53.1 Å². The Morgan fingerprint density at radius 2 is 2.12 bits per heavy atom. The van der Waals surface area contributed by atoms with Crippen LogP contribution in [0, 0.1) is 0 Å². The third kappa shape index (κ3) is 6.48. The highest BCUT2D eigenvalue weighted by atomic mass is 127. The lowest BCUT2D eigenvalue weighted by Gasteiger charge is -2.25. The van der Waals surface area contributed by atoms with E-state index in [2.05, 4.69) is 45.2 Å². The summed E-state index contributed by atoms with van der Waals surface area (Å²) >= 11 is 1.68. The summed E-state index contributed by atoms with van der Waals surface area (Å²) in [7, 11) is 1.66. The molecule has 32 heavy (non-hydrogen) atoms. The second kappa shape index (κ2) is 12.3. The zero-order chi connectivity index (χ0) is 21.5. The monoisotopic (exact) mass is 567 g/mol. The molecule has 0 amide bonds. The van der Waals surface area contributed by atoms with Crippen LogP contribution in [0.2, 0.25) is 0 Å². The maximum absolute atomic E-state index is 5.15. The zero-order valence-electron chi connectivity index (χ0n) is 18.5. The molecule has 0 radical (unpaired) electrons. The number of hydrogen-bond acceptors (Lipinski definition) is 6. The lowest BCUT2D eigenvalue weighted by molar-refractivity contribution is 0.177. The Labute approximate surface area is 209 Å². The molecular weight excluding hydrogens is 537 g/mol. The van der Waals surface area contributed by atoms with Crippen LogP contribution in [0.15, 0.2) is 40.7 Å². The van der Waals surface area contributed by atoms with Gasteiger partial charge in [0.1, 0.15) is 17.4 Å². The number of aliphatic imine (C=N–C) groups is 1. The molecule has 2 aromatic heterocycles. The number of ether oxygens (including phenoxy) is 1. The first kappa shape index (κ1) is 24.6. The smallest absolute Gasteiger partial charge is 0.191 e. The molecule has 2 N–H and O–H groups in total. The topological polar surface area (TPSA) is 89.2 Å². The van der Waals surface area contributed by atoms with Crippen molar-refractivity contribution in [3.63, 3.8) is 0 Å². The van der Waals surface area contributed by atoms with E-state index >= 15 is 0 Å². The van der Waals surface area contributed by atoms with E-state index in [0.29, 0.717) is 13.2 Å². The predicted octanol–water partition coefficient (Wildman–Crippen LogP) is 3.28. The van der Waals surface area contributed by atoms with Crippen LogP contribution in [0.25, 0.3) is 10.6 Å². The number of benzene rings is 1. The Morgan fingerprint density at radius 3 is 2.91 bits per heavy atom. The molecule has 3 aromatic rings. The molecule has 10 heteroatoms. The molecule has 0 bridgehead atoms. The molecule has 1 unspecified atom stereocenters. The molecule has 4 rings (SSSR count). The van der Waals surface area contributed by atoms with E-state index in [1.807, 2.05) is 22.9 Å². The summed E-state index contributed by atoms with van der Waals surface area (Å²) in [5, 5.41) is 14.6. The van der Waals surface area contributed by atoms with Crippen molar-refractivity contribution < 1.29 is 4.74 Å². The summed E-state index contributed by atoms with van der Waals surface area (Å²) in [6, 6.07) is 10.6. The van der Waals surface area contributed by atoms with E-state index in [1.165, 1.54) is 0 Å². The second-order valence-corrected chi connectivity index (χ2v) is 8.32. The first-order valence-corrected chi connectivity index (χ1v) is 11.6. The van der Waals surface area contributed by atoms with Gasteiger partial charge in [-0.25, -0.2) is 14.6 Å². The first-order valence-electron chi connectivity index (χ1n) is 10.7. The Hall–Kier alpha value is -2.05. The van der Waals surface area contributed by atoms with Gasteiger partial charge in [0.15, 0.2) is 11.8 Å². The van der Waals surface area contributed by atoms with Crippen molar-refractivity contribution in [2.75, 3.05) is 20.2 Å². The Bertz CT molecular complexity index is 1000. The van der Waals surface area contributed by atoms with E-state index in [9.17, 15) is 0 Å². The number of nitrogens with one attached hydrogen (secondary N) is 2. The molecule has 0 saturated heterocycles. The minimum absolute atomic E-state index is 0. The summed E-state index contributed by atoms with van der Waals surface area (Å²) < 4.78 is 7.13. The lowest BCUT2D eigenvalue weighted by atomic mass is 10.1. The summed E-state index contributed by atoms with van der Waals surface area (Å²) in [6.45, 7) is 4.82. The fourth-order valence-electron chi connectivity index (χ4n) is 3.60. The molecule has 8 nitrogen and oxygen atoms in total. The Balaban J connectivity index is 0.00000289. The third-order valence-corrected chi connectivity index (χ3v) is 6.01. The van der Waals surface area contributed by atoms with E-state index in [4.69, 9.17) is 14.7 Å². The van der Waals surface area contributed by atoms with Gasteiger partial charge in [0.2, 0.25) is 0 Å². The van der Waals surface area contributed by atoms with Crippen LogP contribution in [-0.2, 0) is 30.7 Å². The van der Waals surface area contributed by atoms with Crippen LogP contribution in [0.3, 0.4) is 0 Å². The summed E-state index contributed by atoms with van der Waals surface area (Å²) in [4.78, 5) is 14.1. The molecule has 0 saturated carbocycles. The van der Waals surface area contributed by atoms with Crippen molar-refractivity contribution in [1.82, 2.24) is 30.4 Å². The number of aryl methyl sites for hydroxylation is 1. The standard InChI is InChI=1S/C22H29N7OS.HI/c1-3-23-22(26-17-9-10-20-27-19(14-30-2)28-29(20)13-17)24-12-11-18-15-31-21(25-18)16-7-5-4-6-8-16;/h4-8,15,17H,3,9-14H2,1-2H3,(H2,23,24,26);1H. The molecule has 1 aliphatic rings. The Morgan fingerprint density at radius 1 is 1.28 bits per heavy atom. The number of nitrogens with zero attached hydrogens (tertiary/aromatic N) is 5. The van der Waals surface area contributed by atoms with Gasteiger partial charge >= 0.3 is 0 Å². The van der Waals surface area contributed by atoms with E-state index in [1.54, 1.807) is 18.4 Å². The number of halogens is 1. The molecule has 172 valence electrons. The van der Waals surface area contributed by atoms with Crippen LogP contribution >= 0.6 is 35.3 Å². The number of hydrogen-bond donors (Lipinski definition) is 2. The number of methoxy groups -OCH3 is 1. The molecule has 0 spiro atoms. The highest BCUT2D eigenvalue weighted by Crippen LogP contribution is 2.23. The normalized spacial score (nSPS) is 15.7. The zero-order valence-corrected chi connectivity index (χ0v) is 21.6. The largest absolute Gasteiger partial charge is 0.377 e. The maximum atomic E-state index is 5.15. The van der Waals surface area contributed by atoms with E-state index in [-0.39, 0.29) is 30.0 Å². The van der Waals surface area contributed by atoms with E-state index in [0.717, 1.165) is 66.2 Å². The molecule has 0 fully saturated rings. The van der Waals surface area contributed by atoms with Crippen molar-refractivity contribution in [3.8, 4) is 10.6 Å². The van der Waals surface area contributed by atoms with Gasteiger partial charge in [-0.3, -0.25) is 4.99 Å². The highest BCUT2D eigenvalue weighted by molar-refractivity contribution is 14.0. The fraction of sp³-hybridized carbons (Fsp3) is 0.455. The fourth-order valence-corrected chi connectivity index (χ4v) is 4.46. The lowest BCUT2D eigenvalue weighted by Crippen LogP contribution is -2.47. The molecule has 1 aliphatic heterocycles. The van der Waals surface area contributed by atoms with Crippen LogP contribution in [0.4, 0.5) is 0 Å². The SMILES string of the molecule is CCNC(=NCCc1csc(-c2ccccc2)n1)NC1CCc2nc(COC)nn2C1.I. The quantitative estimate of drug-likeness (QED) is 0.247. The van der Waals surface area contributed by atoms with Gasteiger partial charge in [0, 0.05) is 50.0 Å². The van der Waals surface area contributed by atoms with Crippen molar-refractivity contribution in [2.24, 2.45) is 4.99 Å². The average molecular weight is 568 g/mol. The van der Waals surface area contributed by atoms with Gasteiger partial charge in [-0.15, -0.1) is 35.3 Å². The average Bonchev–Trinajstić information content (AvgIpc) is 3.41. The summed E-state index contributed by atoms with van der Waals surface area (Å²) in [5.41, 5.74) is 2.25. The number of aromatic nitrogens is 4. The summed E-state index contributed by atoms with van der Waals surface area (Å²) in [6.07, 6.45) is 2.72. The van der Waals surface area contributed by atoms with Gasteiger partial charge in [0.25, 0.3) is 0 Å². The highest BCUT2D eigenvalue weighted by Gasteiger charge is 2.22. The van der Waals surface area contributed by atoms with Gasteiger partial charge in [0.05, 0.1) is 12.2 Å². The van der Waals surface area contributed by atoms with Crippen LogP contribution in [0.5, 0.6) is 0 Å². The molecule has 1 aromatic carbocycles. The molecular formula is C22H30IN7OS. The molecule has 1 atom stereocenters. The molecule has 0 aliphatic carbocycles. The van der Waals surface area contributed by atoms with Crippen molar-refractivity contribution in [2.45, 2.75) is 45.4 Å². The van der Waals surface area contributed by atoms with Gasteiger partial charge in [-0.2, -0.15) is 5.10 Å². The number of rotatable bonds is 8. The first-order chi connectivity index (χ1) is 15.2. The third-order valence-electron chi connectivity index (χ3n) is 5.07. The maximum Gasteiger partial charge on any atom is 0.191 e.